The van der Waals surface area contributed by atoms with Crippen LogP contribution in [-0.4, -0.2) is 53.2 Å². The van der Waals surface area contributed by atoms with Crippen molar-refractivity contribution in [3.8, 4) is 0 Å². The number of rotatable bonds is 8. The Morgan fingerprint density at radius 1 is 1.24 bits per heavy atom. The number of phosphoric ester groups is 1. The van der Waals surface area contributed by atoms with Crippen molar-refractivity contribution < 1.29 is 115 Å². The van der Waals surface area contributed by atoms with Gasteiger partial charge in [0.1, 0.15) is 12.3 Å². The molecular weight excluding hydrogens is 537 g/mol. The van der Waals surface area contributed by atoms with Gasteiger partial charge in [0, 0.05) is 6.42 Å². The Labute approximate surface area is 227 Å². The Balaban J connectivity index is 0.00000272. The summed E-state index contributed by atoms with van der Waals surface area (Å²) < 4.78 is 51.1. The van der Waals surface area contributed by atoms with Crippen molar-refractivity contribution in [3.05, 3.63) is 16.7 Å². The van der Waals surface area contributed by atoms with Crippen LogP contribution in [-0.2, 0) is 31.6 Å². The molecule has 5 unspecified atom stereocenters. The van der Waals surface area contributed by atoms with Crippen molar-refractivity contribution in [1.29, 1.82) is 0 Å². The van der Waals surface area contributed by atoms with E-state index in [0.29, 0.717) is 0 Å². The number of aliphatic hydroxyl groups excluding tert-OH is 1. The maximum Gasteiger partial charge on any atom is 1.00 e. The van der Waals surface area contributed by atoms with Crippen LogP contribution in [0.5, 0.6) is 0 Å². The number of nitrogens with two attached hydrogens (primary N) is 1. The zero-order valence-corrected chi connectivity index (χ0v) is 23.6. The molecule has 1 fully saturated rings. The maximum atomic E-state index is 11.8. The number of phosphoric acid groups is 3. The SMILES string of the molecule is Nc1nc2c(ncn2C2CC(O)C(COP(=O)([O-])OP(=O)([O-])OP(=O)(O)O)O2)c(=O)[nH]1.[Na+].[Na+]. The van der Waals surface area contributed by atoms with E-state index in [1.807, 2.05) is 0 Å². The van der Waals surface area contributed by atoms with Crippen LogP contribution in [0.4, 0.5) is 5.95 Å². The monoisotopic (exact) mass is 551 g/mol. The summed E-state index contributed by atoms with van der Waals surface area (Å²) in [5.74, 6) is -0.207. The molecule has 1 saturated heterocycles. The maximum absolute atomic E-state index is 11.8. The summed E-state index contributed by atoms with van der Waals surface area (Å²) in [6, 6.07) is 0. The fourth-order valence-electron chi connectivity index (χ4n) is 2.65. The fourth-order valence-corrected chi connectivity index (χ4v) is 5.57. The van der Waals surface area contributed by atoms with E-state index in [9.17, 15) is 33.4 Å². The van der Waals surface area contributed by atoms with Gasteiger partial charge < -0.3 is 39.7 Å². The Hall–Kier alpha value is 0.480. The van der Waals surface area contributed by atoms with E-state index in [4.69, 9.17) is 20.3 Å². The number of hydrogen-bond acceptors (Lipinski definition) is 14. The second kappa shape index (κ2) is 11.7. The second-order valence-corrected chi connectivity index (χ2v) is 10.4. The third-order valence-electron chi connectivity index (χ3n) is 3.77. The van der Waals surface area contributed by atoms with Crippen LogP contribution < -0.4 is 80.2 Å². The predicted molar refractivity (Wildman–Crippen MR) is 92.5 cm³/mol. The Kier molecular flexibility index (Phi) is 11.2. The molecule has 0 radical (unpaired) electrons. The fraction of sp³-hybridized carbons (Fsp3) is 0.500. The molecule has 23 heteroatoms. The zero-order valence-electron chi connectivity index (χ0n) is 16.9. The molecule has 2 aromatic heterocycles. The van der Waals surface area contributed by atoms with Gasteiger partial charge in [-0.25, -0.2) is 18.2 Å². The van der Waals surface area contributed by atoms with Gasteiger partial charge in [-0.15, -0.1) is 0 Å². The third kappa shape index (κ3) is 8.53. The van der Waals surface area contributed by atoms with E-state index in [2.05, 4.69) is 28.1 Å². The average molecular weight is 551 g/mol. The van der Waals surface area contributed by atoms with Crippen molar-refractivity contribution in [1.82, 2.24) is 19.5 Å². The van der Waals surface area contributed by atoms with E-state index < -0.39 is 54.1 Å². The summed E-state index contributed by atoms with van der Waals surface area (Å²) in [6.45, 7) is -0.933. The molecule has 0 aromatic carbocycles. The first kappa shape index (κ1) is 31.5. The van der Waals surface area contributed by atoms with Gasteiger partial charge in [-0.1, -0.05) is 0 Å². The molecule has 1 aliphatic rings. The molecule has 3 rings (SSSR count). The van der Waals surface area contributed by atoms with E-state index in [1.54, 1.807) is 0 Å². The second-order valence-electron chi connectivity index (χ2n) is 6.05. The number of fused-ring (bicyclic) bond motifs is 1. The van der Waals surface area contributed by atoms with Gasteiger partial charge in [0.25, 0.3) is 21.2 Å². The smallest absolute Gasteiger partial charge is 0.756 e. The number of imidazole rings is 1. The third-order valence-corrected chi connectivity index (χ3v) is 7.48. The van der Waals surface area contributed by atoms with Crippen LogP contribution in [0.3, 0.4) is 0 Å². The molecule has 0 aliphatic carbocycles. The van der Waals surface area contributed by atoms with Gasteiger partial charge in [0.15, 0.2) is 11.2 Å². The van der Waals surface area contributed by atoms with Crippen LogP contribution in [0.15, 0.2) is 11.1 Å². The minimum absolute atomic E-state index is 0. The van der Waals surface area contributed by atoms with Gasteiger partial charge in [-0.2, -0.15) is 4.98 Å². The molecular formula is C10H14N5Na2O13P3. The van der Waals surface area contributed by atoms with Gasteiger partial charge in [0.05, 0.1) is 19.0 Å². The summed E-state index contributed by atoms with van der Waals surface area (Å²) in [6.07, 6.45) is -2.55. The van der Waals surface area contributed by atoms with Crippen molar-refractivity contribution >= 4 is 40.6 Å². The van der Waals surface area contributed by atoms with Gasteiger partial charge in [0.2, 0.25) is 5.95 Å². The Bertz CT molecular complexity index is 1190. The van der Waals surface area contributed by atoms with Crippen LogP contribution >= 0.6 is 23.5 Å². The number of aromatic amines is 1. The van der Waals surface area contributed by atoms with Crippen LogP contribution in [0, 0.1) is 0 Å². The van der Waals surface area contributed by atoms with E-state index in [-0.39, 0.29) is 82.6 Å². The first-order valence-electron chi connectivity index (χ1n) is 7.96. The molecule has 18 nitrogen and oxygen atoms in total. The number of ether oxygens (including phenoxy) is 1. The summed E-state index contributed by atoms with van der Waals surface area (Å²) in [5.41, 5.74) is 4.82. The molecule has 0 spiro atoms. The molecule has 2 aromatic rings. The summed E-state index contributed by atoms with van der Waals surface area (Å²) in [4.78, 5) is 61.5. The minimum Gasteiger partial charge on any atom is -0.756 e. The number of nitrogens with one attached hydrogen (secondary N) is 1. The summed E-state index contributed by atoms with van der Waals surface area (Å²) in [7, 11) is -17.3. The van der Waals surface area contributed by atoms with Gasteiger partial charge in [-0.3, -0.25) is 23.5 Å². The van der Waals surface area contributed by atoms with Crippen molar-refractivity contribution in [3.63, 3.8) is 0 Å². The van der Waals surface area contributed by atoms with E-state index >= 15 is 0 Å². The summed E-state index contributed by atoms with van der Waals surface area (Å²) in [5, 5.41) is 10.1. The van der Waals surface area contributed by atoms with Gasteiger partial charge >= 0.3 is 66.9 Å². The topological polar surface area (TPSA) is 285 Å². The largest absolute Gasteiger partial charge is 1.00 e. The van der Waals surface area contributed by atoms with Gasteiger partial charge in [-0.05, 0) is 0 Å². The first-order chi connectivity index (χ1) is 14.2. The summed E-state index contributed by atoms with van der Waals surface area (Å²) >= 11 is 0. The van der Waals surface area contributed by atoms with E-state index in [1.165, 1.54) is 10.9 Å². The molecule has 0 saturated carbocycles. The molecule has 1 aliphatic heterocycles. The standard InChI is InChI=1S/C10H16N5O13P3.2Na/c11-10-13-8-7(9(17)14-10)12-3-15(8)6-1-4(16)5(26-6)2-25-30(21,22)28-31(23,24)27-29(18,19)20;;/h3-6,16H,1-2H2,(H,21,22)(H,23,24)(H2,18,19,20)(H3,11,13,14,17);;/q;2*+1/p-2. The number of H-pyrrole nitrogens is 1. The molecule has 6 N–H and O–H groups in total. The number of nitrogens with zero attached hydrogens (tertiary/aromatic N) is 3. The Morgan fingerprint density at radius 3 is 2.48 bits per heavy atom. The van der Waals surface area contributed by atoms with Crippen LogP contribution in [0.2, 0.25) is 0 Å². The number of nitrogen functional groups attached to an aromatic ring is 1. The number of anilines is 1. The van der Waals surface area contributed by atoms with E-state index in [0.717, 1.165) is 0 Å². The number of aliphatic hydroxyl groups is 1. The quantitative estimate of drug-likeness (QED) is 0.150. The molecule has 5 atom stereocenters. The van der Waals surface area contributed by atoms with Crippen LogP contribution in [0.1, 0.15) is 12.6 Å². The number of aromatic nitrogens is 4. The van der Waals surface area contributed by atoms with Crippen LogP contribution in [0.25, 0.3) is 11.2 Å². The average Bonchev–Trinajstić information content (AvgIpc) is 3.13. The van der Waals surface area contributed by atoms with Crippen molar-refractivity contribution in [2.24, 2.45) is 0 Å². The number of hydrogen-bond donors (Lipinski definition) is 5. The molecule has 0 bridgehead atoms. The molecule has 0 amide bonds. The molecule has 3 heterocycles. The van der Waals surface area contributed by atoms with Crippen molar-refractivity contribution in [2.75, 3.05) is 12.3 Å². The van der Waals surface area contributed by atoms with Crippen molar-refractivity contribution in [2.45, 2.75) is 24.9 Å². The minimum atomic E-state index is -5.98. The predicted octanol–water partition coefficient (Wildman–Crippen LogP) is -8.56. The first-order valence-corrected chi connectivity index (χ1v) is 12.4. The Morgan fingerprint density at radius 2 is 1.88 bits per heavy atom. The zero-order chi connectivity index (χ0) is 23.2. The molecule has 174 valence electrons. The molecule has 33 heavy (non-hydrogen) atoms. The normalized spacial score (nSPS) is 24.5.